The van der Waals surface area contributed by atoms with Gasteiger partial charge < -0.3 is 20.1 Å². The summed E-state index contributed by atoms with van der Waals surface area (Å²) in [5, 5.41) is 5.48. The largest absolute Gasteiger partial charge is 0.378 e. The Morgan fingerprint density at radius 2 is 2.17 bits per heavy atom. The lowest BCUT2D eigenvalue weighted by molar-refractivity contribution is -0.117. The van der Waals surface area contributed by atoms with Crippen LogP contribution in [-0.2, 0) is 19.1 Å². The molecule has 1 saturated heterocycles. The molecule has 23 heavy (non-hydrogen) atoms. The molecule has 1 aromatic carbocycles. The van der Waals surface area contributed by atoms with Crippen molar-refractivity contribution in [3.8, 4) is 0 Å². The van der Waals surface area contributed by atoms with Crippen LogP contribution in [0.15, 0.2) is 22.7 Å². The second-order valence-electron chi connectivity index (χ2n) is 5.38. The zero-order chi connectivity index (χ0) is 16.7. The summed E-state index contributed by atoms with van der Waals surface area (Å²) >= 11 is 3.35. The fourth-order valence-corrected chi connectivity index (χ4v) is 2.65. The second-order valence-corrected chi connectivity index (χ2v) is 6.29. The molecule has 2 amide bonds. The third kappa shape index (κ3) is 6.29. The van der Waals surface area contributed by atoms with E-state index in [1.807, 2.05) is 0 Å². The number of halogens is 1. The van der Waals surface area contributed by atoms with Crippen LogP contribution in [0, 0.1) is 0 Å². The predicted molar refractivity (Wildman–Crippen MR) is 91.5 cm³/mol. The maximum atomic E-state index is 12.0. The molecule has 0 aliphatic carbocycles. The Morgan fingerprint density at radius 1 is 1.35 bits per heavy atom. The van der Waals surface area contributed by atoms with E-state index in [-0.39, 0.29) is 24.3 Å². The lowest BCUT2D eigenvalue weighted by atomic mass is 10.2. The van der Waals surface area contributed by atoms with Crippen LogP contribution < -0.4 is 10.6 Å². The summed E-state index contributed by atoms with van der Waals surface area (Å²) in [5.41, 5.74) is 1.12. The van der Waals surface area contributed by atoms with Crippen molar-refractivity contribution in [3.63, 3.8) is 0 Å². The zero-order valence-corrected chi connectivity index (χ0v) is 14.6. The lowest BCUT2D eigenvalue weighted by Gasteiger charge is -2.13. The van der Waals surface area contributed by atoms with Crippen molar-refractivity contribution in [1.29, 1.82) is 0 Å². The van der Waals surface area contributed by atoms with Gasteiger partial charge in [-0.05, 0) is 31.0 Å². The van der Waals surface area contributed by atoms with Crippen molar-refractivity contribution in [1.82, 2.24) is 0 Å². The molecule has 1 heterocycles. The highest BCUT2D eigenvalue weighted by molar-refractivity contribution is 9.10. The van der Waals surface area contributed by atoms with Crippen LogP contribution in [0.3, 0.4) is 0 Å². The minimum absolute atomic E-state index is 0.162. The topological polar surface area (TPSA) is 76.7 Å². The number of hydrogen-bond donors (Lipinski definition) is 2. The van der Waals surface area contributed by atoms with Gasteiger partial charge in [-0.1, -0.05) is 15.9 Å². The summed E-state index contributed by atoms with van der Waals surface area (Å²) in [4.78, 5) is 23.2. The van der Waals surface area contributed by atoms with Crippen molar-refractivity contribution in [2.24, 2.45) is 0 Å². The number of amides is 2. The van der Waals surface area contributed by atoms with Gasteiger partial charge in [0.05, 0.1) is 37.1 Å². The zero-order valence-electron chi connectivity index (χ0n) is 13.1. The molecular formula is C16H21BrN2O4. The molecule has 1 aliphatic heterocycles. The number of nitrogens with one attached hydrogen (secondary N) is 2. The van der Waals surface area contributed by atoms with Crippen LogP contribution >= 0.6 is 15.9 Å². The molecule has 7 heteroatoms. The van der Waals surface area contributed by atoms with Crippen molar-refractivity contribution in [2.75, 3.05) is 30.5 Å². The van der Waals surface area contributed by atoms with E-state index in [9.17, 15) is 9.59 Å². The van der Waals surface area contributed by atoms with Gasteiger partial charge in [0.25, 0.3) is 0 Å². The van der Waals surface area contributed by atoms with Crippen molar-refractivity contribution < 1.29 is 19.1 Å². The molecule has 126 valence electrons. The molecule has 1 fully saturated rings. The number of rotatable bonds is 7. The van der Waals surface area contributed by atoms with E-state index < -0.39 is 0 Å². The monoisotopic (exact) mass is 384 g/mol. The van der Waals surface area contributed by atoms with Crippen molar-refractivity contribution in [3.05, 3.63) is 22.7 Å². The first-order valence-electron chi connectivity index (χ1n) is 7.61. The molecule has 6 nitrogen and oxygen atoms in total. The summed E-state index contributed by atoms with van der Waals surface area (Å²) < 4.78 is 11.7. The van der Waals surface area contributed by atoms with Gasteiger partial charge in [-0.15, -0.1) is 0 Å². The third-order valence-electron chi connectivity index (χ3n) is 3.37. The Bertz CT molecular complexity index is 559. The lowest BCUT2D eigenvalue weighted by Crippen LogP contribution is -2.19. The molecule has 0 bridgehead atoms. The first-order chi connectivity index (χ1) is 11.0. The molecule has 2 N–H and O–H groups in total. The number of hydrogen-bond acceptors (Lipinski definition) is 4. The van der Waals surface area contributed by atoms with Crippen LogP contribution in [-0.4, -0.2) is 37.7 Å². The molecular weight excluding hydrogens is 364 g/mol. The van der Waals surface area contributed by atoms with Crippen LogP contribution in [0.4, 0.5) is 11.4 Å². The van der Waals surface area contributed by atoms with E-state index >= 15 is 0 Å². The summed E-state index contributed by atoms with van der Waals surface area (Å²) in [6.07, 6.45) is 2.50. The average Bonchev–Trinajstić information content (AvgIpc) is 2.99. The van der Waals surface area contributed by atoms with Gasteiger partial charge in [0.2, 0.25) is 11.8 Å². The maximum Gasteiger partial charge on any atom is 0.226 e. The first kappa shape index (κ1) is 17.9. The number of benzene rings is 1. The van der Waals surface area contributed by atoms with E-state index in [0.29, 0.717) is 24.6 Å². The molecule has 0 aromatic heterocycles. The molecule has 0 saturated carbocycles. The van der Waals surface area contributed by atoms with Crippen LogP contribution in [0.2, 0.25) is 0 Å². The fourth-order valence-electron chi connectivity index (χ4n) is 2.29. The Kier molecular flexibility index (Phi) is 7.01. The SMILES string of the molecule is CC(=O)Nc1ccc(Br)cc1NC(=O)CCOCC1CCCO1. The number of carbonyl (C=O) groups excluding carboxylic acids is 2. The third-order valence-corrected chi connectivity index (χ3v) is 3.86. The molecule has 1 aromatic rings. The minimum Gasteiger partial charge on any atom is -0.378 e. The Labute approximate surface area is 144 Å². The highest BCUT2D eigenvalue weighted by Crippen LogP contribution is 2.26. The standard InChI is InChI=1S/C16H21BrN2O4/c1-11(20)18-14-5-4-12(17)9-15(14)19-16(21)6-8-22-10-13-3-2-7-23-13/h4-5,9,13H,2-3,6-8,10H2,1H3,(H,18,20)(H,19,21). The highest BCUT2D eigenvalue weighted by Gasteiger charge is 2.15. The van der Waals surface area contributed by atoms with Gasteiger partial charge >= 0.3 is 0 Å². The number of anilines is 2. The van der Waals surface area contributed by atoms with Gasteiger partial charge in [-0.3, -0.25) is 9.59 Å². The molecule has 1 atom stereocenters. The van der Waals surface area contributed by atoms with Gasteiger partial charge in [-0.25, -0.2) is 0 Å². The summed E-state index contributed by atoms with van der Waals surface area (Å²) in [6, 6.07) is 5.27. The fraction of sp³-hybridized carbons (Fsp3) is 0.500. The number of ether oxygens (including phenoxy) is 2. The van der Waals surface area contributed by atoms with Crippen LogP contribution in [0.5, 0.6) is 0 Å². The number of carbonyl (C=O) groups is 2. The highest BCUT2D eigenvalue weighted by atomic mass is 79.9. The average molecular weight is 385 g/mol. The van der Waals surface area contributed by atoms with E-state index in [4.69, 9.17) is 9.47 Å². The Hall–Kier alpha value is -1.44. The van der Waals surface area contributed by atoms with Crippen LogP contribution in [0.1, 0.15) is 26.2 Å². The maximum absolute atomic E-state index is 12.0. The van der Waals surface area contributed by atoms with Gasteiger partial charge in [0.15, 0.2) is 0 Å². The second kappa shape index (κ2) is 9.00. The minimum atomic E-state index is -0.192. The quantitative estimate of drug-likeness (QED) is 0.708. The van der Waals surface area contributed by atoms with E-state index in [0.717, 1.165) is 23.9 Å². The Morgan fingerprint density at radius 3 is 2.87 bits per heavy atom. The normalized spacial score (nSPS) is 17.0. The van der Waals surface area contributed by atoms with Gasteiger partial charge in [0.1, 0.15) is 0 Å². The van der Waals surface area contributed by atoms with Gasteiger partial charge in [-0.2, -0.15) is 0 Å². The molecule has 1 unspecified atom stereocenters. The summed E-state index contributed by atoms with van der Waals surface area (Å²) in [7, 11) is 0. The molecule has 0 radical (unpaired) electrons. The summed E-state index contributed by atoms with van der Waals surface area (Å²) in [5.74, 6) is -0.357. The van der Waals surface area contributed by atoms with Gasteiger partial charge in [0, 0.05) is 18.0 Å². The smallest absolute Gasteiger partial charge is 0.226 e. The molecule has 1 aliphatic rings. The molecule has 0 spiro atoms. The van der Waals surface area contributed by atoms with Crippen molar-refractivity contribution in [2.45, 2.75) is 32.3 Å². The Balaban J connectivity index is 1.79. The predicted octanol–water partition coefficient (Wildman–Crippen LogP) is 2.93. The van der Waals surface area contributed by atoms with E-state index in [1.165, 1.54) is 6.92 Å². The van der Waals surface area contributed by atoms with Crippen LogP contribution in [0.25, 0.3) is 0 Å². The molecule has 2 rings (SSSR count). The van der Waals surface area contributed by atoms with E-state index in [2.05, 4.69) is 26.6 Å². The summed E-state index contributed by atoms with van der Waals surface area (Å²) in [6.45, 7) is 3.09. The van der Waals surface area contributed by atoms with E-state index in [1.54, 1.807) is 18.2 Å². The van der Waals surface area contributed by atoms with Crippen molar-refractivity contribution >= 4 is 39.1 Å². The first-order valence-corrected chi connectivity index (χ1v) is 8.40.